The topological polar surface area (TPSA) is 29.1 Å². The molecule has 3 heteroatoms. The fraction of sp³-hybridized carbons (Fsp3) is 0.533. The summed E-state index contributed by atoms with van der Waals surface area (Å²) in [7, 11) is 0. The van der Waals surface area contributed by atoms with Crippen molar-refractivity contribution in [3.8, 4) is 0 Å². The second-order valence-corrected chi connectivity index (χ2v) is 6.02. The number of carbonyl (C=O) groups excluding carboxylic acids is 1. The average molecular weight is 310 g/mol. The zero-order valence-corrected chi connectivity index (χ0v) is 12.4. The number of hydrogen-bond acceptors (Lipinski definition) is 1. The van der Waals surface area contributed by atoms with E-state index in [2.05, 4.69) is 21.2 Å². The number of anilines is 1. The molecule has 1 N–H and O–H groups in total. The summed E-state index contributed by atoms with van der Waals surface area (Å²) in [5.41, 5.74) is 2.05. The Morgan fingerprint density at radius 2 is 1.89 bits per heavy atom. The first kappa shape index (κ1) is 13.6. The summed E-state index contributed by atoms with van der Waals surface area (Å²) < 4.78 is 0.954. The van der Waals surface area contributed by atoms with Gasteiger partial charge in [0.1, 0.15) is 0 Å². The lowest BCUT2D eigenvalue weighted by Gasteiger charge is -2.15. The minimum atomic E-state index is 0.184. The molecule has 0 spiro atoms. The van der Waals surface area contributed by atoms with Crippen molar-refractivity contribution < 1.29 is 4.79 Å². The summed E-state index contributed by atoms with van der Waals surface area (Å²) in [6, 6.07) is 6.03. The van der Waals surface area contributed by atoms with Gasteiger partial charge in [0.25, 0.3) is 0 Å². The van der Waals surface area contributed by atoms with Crippen molar-refractivity contribution in [2.75, 3.05) is 5.32 Å². The summed E-state index contributed by atoms with van der Waals surface area (Å²) in [5, 5.41) is 3.06. The van der Waals surface area contributed by atoms with Crippen molar-refractivity contribution in [2.45, 2.75) is 45.4 Å². The van der Waals surface area contributed by atoms with Gasteiger partial charge in [0.15, 0.2) is 0 Å². The molecule has 2 rings (SSSR count). The van der Waals surface area contributed by atoms with E-state index in [9.17, 15) is 4.79 Å². The van der Waals surface area contributed by atoms with Gasteiger partial charge in [-0.25, -0.2) is 0 Å². The van der Waals surface area contributed by atoms with Crippen LogP contribution in [0.4, 0.5) is 5.69 Å². The molecule has 98 valence electrons. The van der Waals surface area contributed by atoms with Gasteiger partial charge < -0.3 is 5.32 Å². The van der Waals surface area contributed by atoms with E-state index in [1.54, 1.807) is 0 Å². The molecule has 1 aromatic rings. The number of halogens is 1. The third kappa shape index (κ3) is 3.58. The molecule has 2 nitrogen and oxygen atoms in total. The van der Waals surface area contributed by atoms with Crippen molar-refractivity contribution in [2.24, 2.45) is 5.92 Å². The van der Waals surface area contributed by atoms with Crippen molar-refractivity contribution in [1.29, 1.82) is 0 Å². The standard InChI is InChI=1S/C15H20BrNO/c1-11-8-9-13(16)14(10-11)17-15(18)12-6-4-2-3-5-7-12/h8-10,12H,2-7H2,1H3,(H,17,18). The molecule has 1 amide bonds. The maximum absolute atomic E-state index is 12.3. The number of amides is 1. The molecule has 0 atom stereocenters. The molecule has 1 fully saturated rings. The summed E-state index contributed by atoms with van der Waals surface area (Å²) in [6.07, 6.45) is 7.00. The largest absolute Gasteiger partial charge is 0.325 e. The summed E-state index contributed by atoms with van der Waals surface area (Å²) in [6.45, 7) is 2.04. The van der Waals surface area contributed by atoms with Crippen molar-refractivity contribution in [3.63, 3.8) is 0 Å². The van der Waals surface area contributed by atoms with E-state index in [0.29, 0.717) is 0 Å². The first-order valence-electron chi connectivity index (χ1n) is 6.74. The Balaban J connectivity index is 2.03. The van der Waals surface area contributed by atoms with E-state index >= 15 is 0 Å². The van der Waals surface area contributed by atoms with E-state index in [0.717, 1.165) is 28.6 Å². The molecule has 0 radical (unpaired) electrons. The van der Waals surface area contributed by atoms with Gasteiger partial charge in [-0.1, -0.05) is 31.7 Å². The second-order valence-electron chi connectivity index (χ2n) is 5.16. The SMILES string of the molecule is Cc1ccc(Br)c(NC(=O)C2CCCCCC2)c1. The predicted molar refractivity (Wildman–Crippen MR) is 78.7 cm³/mol. The van der Waals surface area contributed by atoms with Crippen LogP contribution in [0.5, 0.6) is 0 Å². The molecule has 0 bridgehead atoms. The number of benzene rings is 1. The van der Waals surface area contributed by atoms with Crippen LogP contribution >= 0.6 is 15.9 Å². The lowest BCUT2D eigenvalue weighted by molar-refractivity contribution is -0.120. The number of rotatable bonds is 2. The van der Waals surface area contributed by atoms with Crippen LogP contribution in [0.15, 0.2) is 22.7 Å². The molecule has 0 aromatic heterocycles. The maximum Gasteiger partial charge on any atom is 0.227 e. The highest BCUT2D eigenvalue weighted by molar-refractivity contribution is 9.10. The summed E-state index contributed by atoms with van der Waals surface area (Å²) in [5.74, 6) is 0.378. The highest BCUT2D eigenvalue weighted by Crippen LogP contribution is 2.27. The monoisotopic (exact) mass is 309 g/mol. The highest BCUT2D eigenvalue weighted by atomic mass is 79.9. The number of nitrogens with one attached hydrogen (secondary N) is 1. The molecule has 1 aliphatic rings. The second kappa shape index (κ2) is 6.37. The van der Waals surface area contributed by atoms with E-state index in [1.807, 2.05) is 25.1 Å². The van der Waals surface area contributed by atoms with Gasteiger partial charge in [-0.2, -0.15) is 0 Å². The van der Waals surface area contributed by atoms with Crippen molar-refractivity contribution >= 4 is 27.5 Å². The van der Waals surface area contributed by atoms with Crippen molar-refractivity contribution in [3.05, 3.63) is 28.2 Å². The molecule has 1 aromatic carbocycles. The lowest BCUT2D eigenvalue weighted by atomic mass is 9.99. The van der Waals surface area contributed by atoms with Gasteiger partial charge in [-0.3, -0.25) is 4.79 Å². The van der Waals surface area contributed by atoms with E-state index < -0.39 is 0 Å². The fourth-order valence-electron chi connectivity index (χ4n) is 2.51. The lowest BCUT2D eigenvalue weighted by Crippen LogP contribution is -2.22. The van der Waals surface area contributed by atoms with Crippen molar-refractivity contribution in [1.82, 2.24) is 0 Å². The number of carbonyl (C=O) groups is 1. The molecule has 0 saturated heterocycles. The minimum absolute atomic E-state index is 0.184. The zero-order chi connectivity index (χ0) is 13.0. The molecule has 0 unspecified atom stereocenters. The summed E-state index contributed by atoms with van der Waals surface area (Å²) >= 11 is 3.48. The average Bonchev–Trinajstić information content (AvgIpc) is 2.62. The molecule has 1 aliphatic carbocycles. The van der Waals surface area contributed by atoms with Crippen LogP contribution in [0.25, 0.3) is 0 Å². The molecule has 18 heavy (non-hydrogen) atoms. The molecule has 1 saturated carbocycles. The Morgan fingerprint density at radius 3 is 2.56 bits per heavy atom. The van der Waals surface area contributed by atoms with Gasteiger partial charge in [-0.05, 0) is 53.4 Å². The predicted octanol–water partition coefficient (Wildman–Crippen LogP) is 4.67. The van der Waals surface area contributed by atoms with E-state index in [4.69, 9.17) is 0 Å². The Labute approximate surface area is 117 Å². The smallest absolute Gasteiger partial charge is 0.227 e. The summed E-state index contributed by atoms with van der Waals surface area (Å²) in [4.78, 5) is 12.3. The zero-order valence-electron chi connectivity index (χ0n) is 10.8. The van der Waals surface area contributed by atoms with Crippen LogP contribution in [0.1, 0.15) is 44.1 Å². The van der Waals surface area contributed by atoms with Gasteiger partial charge in [0, 0.05) is 10.4 Å². The van der Waals surface area contributed by atoms with E-state index in [1.165, 1.54) is 25.7 Å². The number of aryl methyl sites for hydroxylation is 1. The van der Waals surface area contributed by atoms with Crippen LogP contribution < -0.4 is 5.32 Å². The quantitative estimate of drug-likeness (QED) is 0.790. The van der Waals surface area contributed by atoms with E-state index in [-0.39, 0.29) is 11.8 Å². The Bertz CT molecular complexity index is 423. The number of hydrogen-bond donors (Lipinski definition) is 1. The third-order valence-corrected chi connectivity index (χ3v) is 4.30. The first-order valence-corrected chi connectivity index (χ1v) is 7.53. The van der Waals surface area contributed by atoms with Crippen LogP contribution in [-0.2, 0) is 4.79 Å². The van der Waals surface area contributed by atoms with Gasteiger partial charge in [0.2, 0.25) is 5.91 Å². The molecular formula is C15H20BrNO. The highest BCUT2D eigenvalue weighted by Gasteiger charge is 2.20. The van der Waals surface area contributed by atoms with Gasteiger partial charge >= 0.3 is 0 Å². The Kier molecular flexibility index (Phi) is 4.81. The first-order chi connectivity index (χ1) is 8.66. The maximum atomic E-state index is 12.3. The van der Waals surface area contributed by atoms with Crippen LogP contribution in [-0.4, -0.2) is 5.91 Å². The van der Waals surface area contributed by atoms with Gasteiger partial charge in [0.05, 0.1) is 5.69 Å². The van der Waals surface area contributed by atoms with Crippen LogP contribution in [0.3, 0.4) is 0 Å². The van der Waals surface area contributed by atoms with Crippen LogP contribution in [0, 0.1) is 12.8 Å². The fourth-order valence-corrected chi connectivity index (χ4v) is 2.86. The third-order valence-electron chi connectivity index (χ3n) is 3.61. The van der Waals surface area contributed by atoms with Gasteiger partial charge in [-0.15, -0.1) is 0 Å². The normalized spacial score (nSPS) is 17.2. The molecular weight excluding hydrogens is 290 g/mol. The minimum Gasteiger partial charge on any atom is -0.325 e. The van der Waals surface area contributed by atoms with Crippen LogP contribution in [0.2, 0.25) is 0 Å². The molecule has 0 aliphatic heterocycles. The Hall–Kier alpha value is -0.830. The Morgan fingerprint density at radius 1 is 1.22 bits per heavy atom. The molecule has 0 heterocycles.